The van der Waals surface area contributed by atoms with Gasteiger partial charge in [-0.25, -0.2) is 0 Å². The average molecular weight is 435 g/mol. The van der Waals surface area contributed by atoms with E-state index in [0.29, 0.717) is 19.7 Å². The number of thioether (sulfide) groups is 1. The van der Waals surface area contributed by atoms with Gasteiger partial charge in [-0.3, -0.25) is 14.4 Å². The molecule has 1 saturated heterocycles. The lowest BCUT2D eigenvalue weighted by molar-refractivity contribution is -0.152. The van der Waals surface area contributed by atoms with Gasteiger partial charge in [-0.15, -0.1) is 11.8 Å². The summed E-state index contributed by atoms with van der Waals surface area (Å²) in [6.45, 7) is 7.21. The first-order valence-electron chi connectivity index (χ1n) is 10.7. The number of carbonyl (C=O) groups excluding carboxylic acids is 3. The van der Waals surface area contributed by atoms with Crippen LogP contribution in [0.1, 0.15) is 39.2 Å². The Hall–Kier alpha value is -2.02. The number of nitrogens with zero attached hydrogens (tertiary/aromatic N) is 2. The number of carbonyl (C=O) groups is 3. The van der Waals surface area contributed by atoms with Gasteiger partial charge >= 0.3 is 5.97 Å². The van der Waals surface area contributed by atoms with Crippen LogP contribution in [0.25, 0.3) is 0 Å². The third-order valence-electron chi connectivity index (χ3n) is 5.26. The van der Waals surface area contributed by atoms with Gasteiger partial charge in [-0.05, 0) is 31.2 Å². The summed E-state index contributed by atoms with van der Waals surface area (Å²) in [5.41, 5.74) is 1.18. The summed E-state index contributed by atoms with van der Waals surface area (Å²) in [5, 5.41) is -0.211. The van der Waals surface area contributed by atoms with E-state index in [0.717, 1.165) is 18.6 Å². The van der Waals surface area contributed by atoms with Crippen molar-refractivity contribution in [3.05, 3.63) is 35.9 Å². The Morgan fingerprint density at radius 2 is 1.93 bits per heavy atom. The zero-order chi connectivity index (χ0) is 22.1. The number of hydrogen-bond acceptors (Lipinski definition) is 5. The third-order valence-corrected chi connectivity index (χ3v) is 6.87. The normalized spacial score (nSPS) is 17.5. The molecule has 0 N–H and O–H groups in total. The van der Waals surface area contributed by atoms with Crippen molar-refractivity contribution in [1.82, 2.24) is 9.80 Å². The molecule has 1 aliphatic heterocycles. The van der Waals surface area contributed by atoms with Gasteiger partial charge in [0.1, 0.15) is 0 Å². The average Bonchev–Trinajstić information content (AvgIpc) is 2.74. The SMILES string of the molecule is CCOC(=O)C1CCCN(C(=O)CN(C)C(=O)C(SCc2ccccc2)C(C)C)C1. The van der Waals surface area contributed by atoms with E-state index in [1.807, 2.05) is 32.0 Å². The molecule has 0 saturated carbocycles. The Labute approximate surface area is 184 Å². The monoisotopic (exact) mass is 434 g/mol. The molecule has 0 aromatic heterocycles. The largest absolute Gasteiger partial charge is 0.466 e. The Balaban J connectivity index is 1.91. The first kappa shape index (κ1) is 24.3. The number of esters is 1. The highest BCUT2D eigenvalue weighted by Crippen LogP contribution is 2.25. The van der Waals surface area contributed by atoms with E-state index >= 15 is 0 Å². The minimum absolute atomic E-state index is 0.0294. The van der Waals surface area contributed by atoms with Crippen LogP contribution in [0, 0.1) is 11.8 Å². The summed E-state index contributed by atoms with van der Waals surface area (Å²) in [6.07, 6.45) is 1.51. The molecule has 30 heavy (non-hydrogen) atoms. The second-order valence-electron chi connectivity index (χ2n) is 8.09. The lowest BCUT2D eigenvalue weighted by Gasteiger charge is -2.33. The fraction of sp³-hybridized carbons (Fsp3) is 0.609. The van der Waals surface area contributed by atoms with Crippen molar-refractivity contribution in [1.29, 1.82) is 0 Å². The number of likely N-dealkylation sites (N-methyl/N-ethyl adjacent to an activating group) is 1. The Bertz CT molecular complexity index is 710. The maximum atomic E-state index is 13.0. The first-order valence-corrected chi connectivity index (χ1v) is 11.7. The van der Waals surface area contributed by atoms with Gasteiger partial charge < -0.3 is 14.5 Å². The number of ether oxygens (including phenoxy) is 1. The molecule has 1 aromatic carbocycles. The van der Waals surface area contributed by atoms with E-state index in [4.69, 9.17) is 4.74 Å². The molecule has 1 heterocycles. The highest BCUT2D eigenvalue weighted by molar-refractivity contribution is 7.99. The number of piperidine rings is 1. The van der Waals surface area contributed by atoms with Crippen LogP contribution in [0.3, 0.4) is 0 Å². The van der Waals surface area contributed by atoms with E-state index < -0.39 is 0 Å². The molecule has 2 unspecified atom stereocenters. The van der Waals surface area contributed by atoms with E-state index in [1.54, 1.807) is 30.6 Å². The molecule has 2 atom stereocenters. The Morgan fingerprint density at radius 3 is 2.57 bits per heavy atom. The van der Waals surface area contributed by atoms with Gasteiger partial charge in [0, 0.05) is 25.9 Å². The van der Waals surface area contributed by atoms with Crippen LogP contribution in [0.5, 0.6) is 0 Å². The molecule has 2 rings (SSSR count). The second-order valence-corrected chi connectivity index (χ2v) is 9.22. The molecule has 0 bridgehead atoms. The highest BCUT2D eigenvalue weighted by atomic mass is 32.2. The molecular formula is C23H34N2O4S. The summed E-state index contributed by atoms with van der Waals surface area (Å²) in [4.78, 5) is 41.1. The Kier molecular flexibility index (Phi) is 9.69. The van der Waals surface area contributed by atoms with Crippen molar-refractivity contribution in [3.8, 4) is 0 Å². The van der Waals surface area contributed by atoms with Crippen molar-refractivity contribution in [2.75, 3.05) is 33.3 Å². The lowest BCUT2D eigenvalue weighted by Crippen LogP contribution is -2.48. The van der Waals surface area contributed by atoms with Crippen molar-refractivity contribution >= 4 is 29.5 Å². The smallest absolute Gasteiger partial charge is 0.310 e. The van der Waals surface area contributed by atoms with Gasteiger partial charge in [0.25, 0.3) is 0 Å². The summed E-state index contributed by atoms with van der Waals surface area (Å²) < 4.78 is 5.11. The molecule has 6 nitrogen and oxygen atoms in total. The summed E-state index contributed by atoms with van der Waals surface area (Å²) in [6, 6.07) is 10.1. The van der Waals surface area contributed by atoms with Crippen LogP contribution < -0.4 is 0 Å². The van der Waals surface area contributed by atoms with Crippen LogP contribution in [0.15, 0.2) is 30.3 Å². The van der Waals surface area contributed by atoms with Gasteiger partial charge in [0.15, 0.2) is 0 Å². The summed E-state index contributed by atoms with van der Waals surface area (Å²) >= 11 is 1.61. The Morgan fingerprint density at radius 1 is 1.23 bits per heavy atom. The highest BCUT2D eigenvalue weighted by Gasteiger charge is 2.32. The van der Waals surface area contributed by atoms with Gasteiger partial charge in [0.05, 0.1) is 24.3 Å². The fourth-order valence-electron chi connectivity index (χ4n) is 3.56. The van der Waals surface area contributed by atoms with Crippen molar-refractivity contribution in [2.45, 2.75) is 44.6 Å². The lowest BCUT2D eigenvalue weighted by atomic mass is 9.98. The maximum absolute atomic E-state index is 13.0. The van der Waals surface area contributed by atoms with Gasteiger partial charge in [0.2, 0.25) is 11.8 Å². The topological polar surface area (TPSA) is 66.9 Å². The quantitative estimate of drug-likeness (QED) is 0.559. The predicted octanol–water partition coefficient (Wildman–Crippen LogP) is 3.20. The van der Waals surface area contributed by atoms with Crippen molar-refractivity contribution < 1.29 is 19.1 Å². The van der Waals surface area contributed by atoms with Crippen LogP contribution in [-0.4, -0.2) is 66.1 Å². The van der Waals surface area contributed by atoms with Crippen LogP contribution in [0.4, 0.5) is 0 Å². The predicted molar refractivity (Wildman–Crippen MR) is 120 cm³/mol. The molecule has 2 amide bonds. The van der Waals surface area contributed by atoms with E-state index in [-0.39, 0.29) is 41.4 Å². The maximum Gasteiger partial charge on any atom is 0.310 e. The standard InChI is InChI=1S/C23H34N2O4S/c1-5-29-23(28)19-12-9-13-25(14-19)20(26)15-24(4)22(27)21(17(2)3)30-16-18-10-7-6-8-11-18/h6-8,10-11,17,19,21H,5,9,12-16H2,1-4H3. The molecule has 1 fully saturated rings. The number of likely N-dealkylation sites (tertiary alicyclic amines) is 1. The fourth-order valence-corrected chi connectivity index (χ4v) is 4.84. The van der Waals surface area contributed by atoms with E-state index in [2.05, 4.69) is 12.1 Å². The van der Waals surface area contributed by atoms with Crippen LogP contribution >= 0.6 is 11.8 Å². The molecule has 0 radical (unpaired) electrons. The molecule has 0 spiro atoms. The van der Waals surface area contributed by atoms with Crippen LogP contribution in [-0.2, 0) is 24.9 Å². The molecule has 1 aromatic rings. The van der Waals surface area contributed by atoms with Crippen molar-refractivity contribution in [2.24, 2.45) is 11.8 Å². The van der Waals surface area contributed by atoms with E-state index in [9.17, 15) is 14.4 Å². The van der Waals surface area contributed by atoms with Gasteiger partial charge in [-0.1, -0.05) is 44.2 Å². The van der Waals surface area contributed by atoms with Gasteiger partial charge in [-0.2, -0.15) is 0 Å². The van der Waals surface area contributed by atoms with Crippen molar-refractivity contribution in [3.63, 3.8) is 0 Å². The number of rotatable bonds is 9. The number of hydrogen-bond donors (Lipinski definition) is 0. The zero-order valence-electron chi connectivity index (χ0n) is 18.5. The second kappa shape index (κ2) is 12.0. The van der Waals surface area contributed by atoms with Crippen LogP contribution in [0.2, 0.25) is 0 Å². The molecule has 1 aliphatic rings. The minimum atomic E-state index is -0.270. The minimum Gasteiger partial charge on any atom is -0.466 e. The molecule has 166 valence electrons. The number of amides is 2. The summed E-state index contributed by atoms with van der Waals surface area (Å²) in [7, 11) is 1.69. The van der Waals surface area contributed by atoms with E-state index in [1.165, 1.54) is 10.5 Å². The third kappa shape index (κ3) is 7.04. The molecule has 7 heteroatoms. The number of benzene rings is 1. The molecule has 0 aliphatic carbocycles. The molecular weight excluding hydrogens is 400 g/mol. The zero-order valence-corrected chi connectivity index (χ0v) is 19.3. The summed E-state index contributed by atoms with van der Waals surface area (Å²) in [5.74, 6) is 0.260. The first-order chi connectivity index (χ1) is 14.3.